The van der Waals surface area contributed by atoms with E-state index < -0.39 is 10.0 Å². The number of hydrogen-bond acceptors (Lipinski definition) is 5. The van der Waals surface area contributed by atoms with E-state index in [4.69, 9.17) is 17.3 Å². The molecule has 108 valence electrons. The van der Waals surface area contributed by atoms with Crippen LogP contribution in [0.3, 0.4) is 0 Å². The maximum Gasteiger partial charge on any atom is 0.244 e. The van der Waals surface area contributed by atoms with Crippen molar-refractivity contribution in [3.05, 3.63) is 17.3 Å². The van der Waals surface area contributed by atoms with Gasteiger partial charge in [-0.05, 0) is 25.5 Å². The number of rotatable bonds is 4. The van der Waals surface area contributed by atoms with Crippen LogP contribution in [-0.4, -0.2) is 32.5 Å². The van der Waals surface area contributed by atoms with E-state index in [1.165, 1.54) is 12.3 Å². The zero-order valence-corrected chi connectivity index (χ0v) is 12.5. The number of nitrogens with zero attached hydrogens (tertiary/aromatic N) is 1. The quantitative estimate of drug-likeness (QED) is 0.759. The molecular formula is C10H16Cl2N4O2S. The summed E-state index contributed by atoms with van der Waals surface area (Å²) in [5.74, 6) is -0.0497. The van der Waals surface area contributed by atoms with Crippen LogP contribution < -0.4 is 15.8 Å². The highest BCUT2D eigenvalue weighted by molar-refractivity contribution is 7.89. The van der Waals surface area contributed by atoms with Gasteiger partial charge in [0.25, 0.3) is 0 Å². The first-order valence-corrected chi connectivity index (χ1v) is 7.49. The Balaban J connectivity index is 0.00000180. The van der Waals surface area contributed by atoms with Crippen molar-refractivity contribution in [2.45, 2.75) is 23.8 Å². The van der Waals surface area contributed by atoms with Crippen molar-refractivity contribution >= 4 is 39.8 Å². The number of anilines is 1. The zero-order chi connectivity index (χ0) is 13.2. The van der Waals surface area contributed by atoms with Gasteiger partial charge in [0, 0.05) is 18.8 Å². The van der Waals surface area contributed by atoms with Gasteiger partial charge >= 0.3 is 0 Å². The highest BCUT2D eigenvalue weighted by Crippen LogP contribution is 2.20. The molecule has 9 heteroatoms. The Morgan fingerprint density at radius 3 is 2.95 bits per heavy atom. The van der Waals surface area contributed by atoms with E-state index in [-0.39, 0.29) is 34.2 Å². The number of nitrogens with two attached hydrogens (primary N) is 1. The van der Waals surface area contributed by atoms with Crippen LogP contribution in [0.2, 0.25) is 5.02 Å². The van der Waals surface area contributed by atoms with Gasteiger partial charge in [0.05, 0.1) is 5.02 Å². The molecule has 0 aromatic carbocycles. The van der Waals surface area contributed by atoms with Gasteiger partial charge in [-0.3, -0.25) is 0 Å². The van der Waals surface area contributed by atoms with Crippen LogP contribution in [-0.2, 0) is 10.0 Å². The fraction of sp³-hybridized carbons (Fsp3) is 0.500. The third-order valence-electron chi connectivity index (χ3n) is 2.82. The van der Waals surface area contributed by atoms with Crippen molar-refractivity contribution in [1.29, 1.82) is 0 Å². The molecule has 2 heterocycles. The number of nitrogen functional groups attached to an aromatic ring is 1. The number of hydrogen-bond donors (Lipinski definition) is 3. The topological polar surface area (TPSA) is 97.1 Å². The molecule has 19 heavy (non-hydrogen) atoms. The van der Waals surface area contributed by atoms with Gasteiger partial charge < -0.3 is 11.1 Å². The van der Waals surface area contributed by atoms with E-state index in [0.29, 0.717) is 6.54 Å². The predicted molar refractivity (Wildman–Crippen MR) is 77.1 cm³/mol. The average Bonchev–Trinajstić information content (AvgIpc) is 2.83. The van der Waals surface area contributed by atoms with Crippen molar-refractivity contribution in [3.63, 3.8) is 0 Å². The van der Waals surface area contributed by atoms with Crippen LogP contribution in [0.5, 0.6) is 0 Å². The lowest BCUT2D eigenvalue weighted by molar-refractivity contribution is 0.552. The fourth-order valence-corrected chi connectivity index (χ4v) is 3.27. The molecule has 1 unspecified atom stereocenters. The lowest BCUT2D eigenvalue weighted by Crippen LogP contribution is -2.37. The molecule has 1 saturated heterocycles. The summed E-state index contributed by atoms with van der Waals surface area (Å²) < 4.78 is 26.6. The van der Waals surface area contributed by atoms with Gasteiger partial charge in [-0.15, -0.1) is 12.4 Å². The summed E-state index contributed by atoms with van der Waals surface area (Å²) in [6, 6.07) is 1.47. The minimum absolute atomic E-state index is 0. The Kier molecular flexibility index (Phi) is 5.82. The van der Waals surface area contributed by atoms with E-state index in [1.54, 1.807) is 0 Å². The van der Waals surface area contributed by atoms with Crippen molar-refractivity contribution < 1.29 is 8.42 Å². The SMILES string of the molecule is Cl.Nc1ncc(Cl)cc1S(=O)(=O)NCC1CCCN1. The van der Waals surface area contributed by atoms with Crippen LogP contribution >= 0.6 is 24.0 Å². The molecular weight excluding hydrogens is 311 g/mol. The molecule has 1 aliphatic heterocycles. The first kappa shape index (κ1) is 16.5. The first-order valence-electron chi connectivity index (χ1n) is 5.63. The highest BCUT2D eigenvalue weighted by Gasteiger charge is 2.21. The molecule has 1 fully saturated rings. The summed E-state index contributed by atoms with van der Waals surface area (Å²) in [7, 11) is -3.66. The average molecular weight is 327 g/mol. The second-order valence-electron chi connectivity index (χ2n) is 4.18. The molecule has 1 aliphatic rings. The second-order valence-corrected chi connectivity index (χ2v) is 6.35. The summed E-state index contributed by atoms with van der Waals surface area (Å²) in [4.78, 5) is 3.66. The minimum Gasteiger partial charge on any atom is -0.383 e. The molecule has 0 radical (unpaired) electrons. The lowest BCUT2D eigenvalue weighted by Gasteiger charge is -2.12. The predicted octanol–water partition coefficient (Wildman–Crippen LogP) is 0.769. The number of halogens is 2. The highest BCUT2D eigenvalue weighted by atomic mass is 35.5. The number of nitrogens with one attached hydrogen (secondary N) is 2. The van der Waals surface area contributed by atoms with Crippen molar-refractivity contribution in [2.75, 3.05) is 18.8 Å². The van der Waals surface area contributed by atoms with Crippen molar-refractivity contribution in [1.82, 2.24) is 15.0 Å². The smallest absolute Gasteiger partial charge is 0.244 e. The van der Waals surface area contributed by atoms with E-state index in [0.717, 1.165) is 19.4 Å². The number of aromatic nitrogens is 1. The van der Waals surface area contributed by atoms with E-state index in [1.807, 2.05) is 0 Å². The Labute approximate surface area is 123 Å². The Hall–Kier alpha value is -0.600. The van der Waals surface area contributed by atoms with Crippen LogP contribution in [0.15, 0.2) is 17.2 Å². The van der Waals surface area contributed by atoms with Gasteiger partial charge in [-0.2, -0.15) is 0 Å². The largest absolute Gasteiger partial charge is 0.383 e. The normalized spacial score (nSPS) is 19.1. The first-order chi connectivity index (χ1) is 8.49. The molecule has 0 amide bonds. The van der Waals surface area contributed by atoms with Gasteiger partial charge in [-0.1, -0.05) is 11.6 Å². The van der Waals surface area contributed by atoms with Crippen molar-refractivity contribution in [2.24, 2.45) is 0 Å². The van der Waals surface area contributed by atoms with Crippen LogP contribution in [0.1, 0.15) is 12.8 Å². The molecule has 4 N–H and O–H groups in total. The summed E-state index contributed by atoms with van der Waals surface area (Å²) >= 11 is 5.73. The summed E-state index contributed by atoms with van der Waals surface area (Å²) in [5.41, 5.74) is 5.55. The summed E-state index contributed by atoms with van der Waals surface area (Å²) in [6.07, 6.45) is 3.34. The van der Waals surface area contributed by atoms with E-state index in [9.17, 15) is 8.42 Å². The minimum atomic E-state index is -3.66. The van der Waals surface area contributed by atoms with Gasteiger partial charge in [0.15, 0.2) is 0 Å². The summed E-state index contributed by atoms with van der Waals surface area (Å²) in [5, 5.41) is 3.45. The number of sulfonamides is 1. The second kappa shape index (κ2) is 6.71. The van der Waals surface area contributed by atoms with Crippen LogP contribution in [0.4, 0.5) is 5.82 Å². The number of pyridine rings is 1. The van der Waals surface area contributed by atoms with Crippen LogP contribution in [0.25, 0.3) is 0 Å². The Morgan fingerprint density at radius 2 is 2.32 bits per heavy atom. The van der Waals surface area contributed by atoms with Gasteiger partial charge in [0.2, 0.25) is 10.0 Å². The van der Waals surface area contributed by atoms with Gasteiger partial charge in [0.1, 0.15) is 10.7 Å². The summed E-state index contributed by atoms with van der Waals surface area (Å²) in [6.45, 7) is 1.27. The Bertz CT molecular complexity index is 532. The van der Waals surface area contributed by atoms with Crippen LogP contribution in [0, 0.1) is 0 Å². The molecule has 6 nitrogen and oxygen atoms in total. The fourth-order valence-electron chi connectivity index (χ4n) is 1.87. The van der Waals surface area contributed by atoms with Crippen molar-refractivity contribution in [3.8, 4) is 0 Å². The molecule has 1 aromatic heterocycles. The molecule has 1 atom stereocenters. The maximum atomic E-state index is 12.0. The van der Waals surface area contributed by atoms with E-state index in [2.05, 4.69) is 15.0 Å². The van der Waals surface area contributed by atoms with Gasteiger partial charge in [-0.25, -0.2) is 18.1 Å². The molecule has 0 spiro atoms. The molecule has 0 aliphatic carbocycles. The monoisotopic (exact) mass is 326 g/mol. The third kappa shape index (κ3) is 4.19. The zero-order valence-electron chi connectivity index (χ0n) is 10.1. The lowest BCUT2D eigenvalue weighted by atomic mass is 10.2. The Morgan fingerprint density at radius 1 is 1.58 bits per heavy atom. The molecule has 0 bridgehead atoms. The molecule has 1 aromatic rings. The van der Waals surface area contributed by atoms with E-state index >= 15 is 0 Å². The molecule has 0 saturated carbocycles. The molecule has 2 rings (SSSR count). The third-order valence-corrected chi connectivity index (χ3v) is 4.48. The maximum absolute atomic E-state index is 12.0. The standard InChI is InChI=1S/C10H15ClN4O2S.ClH/c11-7-4-9(10(12)14-5-7)18(16,17)15-6-8-2-1-3-13-8;/h4-5,8,13,15H,1-3,6H2,(H2,12,14);1H.